The minimum atomic E-state index is -0.194. The predicted octanol–water partition coefficient (Wildman–Crippen LogP) is 2.03. The molecule has 6 nitrogen and oxygen atoms in total. The molecule has 2 amide bonds. The first-order valence-corrected chi connectivity index (χ1v) is 9.83. The zero-order valence-corrected chi connectivity index (χ0v) is 17.0. The zero-order chi connectivity index (χ0) is 20.8. The Labute approximate surface area is 171 Å². The van der Waals surface area contributed by atoms with Crippen LogP contribution in [0, 0.1) is 0 Å². The molecule has 0 aliphatic carbocycles. The van der Waals surface area contributed by atoms with Crippen LogP contribution in [0.15, 0.2) is 61.2 Å². The number of nitrogens with one attached hydrogen (secondary N) is 2. The van der Waals surface area contributed by atoms with Crippen LogP contribution in [0.4, 0.5) is 11.4 Å². The minimum Gasteiger partial charge on any atom is -0.490 e. The van der Waals surface area contributed by atoms with E-state index >= 15 is 0 Å². The molecule has 2 aromatic carbocycles. The molecular formula is C23H28N3O3+. The van der Waals surface area contributed by atoms with E-state index in [0.29, 0.717) is 25.4 Å². The normalized spacial score (nSPS) is 17.0. The van der Waals surface area contributed by atoms with Crippen molar-refractivity contribution in [2.45, 2.75) is 25.9 Å². The van der Waals surface area contributed by atoms with Crippen molar-refractivity contribution in [2.75, 3.05) is 30.4 Å². The lowest BCUT2D eigenvalue weighted by atomic mass is 10.1. The first kappa shape index (κ1) is 20.6. The van der Waals surface area contributed by atoms with Gasteiger partial charge in [-0.1, -0.05) is 24.8 Å². The number of likely N-dealkylation sites (N-methyl/N-ethyl adjacent to an activating group) is 1. The molecule has 6 heteroatoms. The Kier molecular flexibility index (Phi) is 6.67. The van der Waals surface area contributed by atoms with Gasteiger partial charge in [0.1, 0.15) is 18.9 Å². The summed E-state index contributed by atoms with van der Waals surface area (Å²) in [5, 5.41) is 2.89. The molecule has 0 saturated heterocycles. The molecule has 1 heterocycles. The maximum atomic E-state index is 13.1. The number of carbonyl (C=O) groups excluding carboxylic acids is 2. The highest BCUT2D eigenvalue weighted by atomic mass is 16.5. The maximum Gasteiger partial charge on any atom is 0.282 e. The third-order valence-electron chi connectivity index (χ3n) is 4.88. The largest absolute Gasteiger partial charge is 0.490 e. The number of amides is 2. The Morgan fingerprint density at radius 1 is 1.28 bits per heavy atom. The van der Waals surface area contributed by atoms with Crippen molar-refractivity contribution in [3.8, 4) is 5.75 Å². The number of ether oxygens (including phenoxy) is 1. The molecule has 0 bridgehead atoms. The molecule has 152 valence electrons. The molecule has 0 aromatic heterocycles. The molecule has 1 aliphatic rings. The first-order valence-electron chi connectivity index (χ1n) is 9.83. The monoisotopic (exact) mass is 394 g/mol. The molecule has 1 unspecified atom stereocenters. The average molecular weight is 394 g/mol. The fourth-order valence-corrected chi connectivity index (χ4v) is 3.58. The number of para-hydroxylation sites is 2. The number of fused-ring (bicyclic) bond motifs is 1. The number of benzene rings is 2. The number of anilines is 2. The second-order valence-electron chi connectivity index (χ2n) is 7.44. The zero-order valence-electron chi connectivity index (χ0n) is 17.0. The summed E-state index contributed by atoms with van der Waals surface area (Å²) in [6.07, 6.45) is 1.99. The van der Waals surface area contributed by atoms with Crippen LogP contribution >= 0.6 is 0 Å². The van der Waals surface area contributed by atoms with Gasteiger partial charge in [-0.15, -0.1) is 0 Å². The SMILES string of the molecule is C=CCOc1ccc(C[NH+](C)CC(=O)N2c3ccccc3NC(=O)C[C@@H]2C)cc1. The van der Waals surface area contributed by atoms with Crippen molar-refractivity contribution in [3.05, 3.63) is 66.7 Å². The Morgan fingerprint density at radius 2 is 2.00 bits per heavy atom. The highest BCUT2D eigenvalue weighted by Crippen LogP contribution is 2.31. The lowest BCUT2D eigenvalue weighted by Crippen LogP contribution is -3.09. The third kappa shape index (κ3) is 5.23. The van der Waals surface area contributed by atoms with E-state index in [2.05, 4.69) is 11.9 Å². The van der Waals surface area contributed by atoms with E-state index in [0.717, 1.165) is 21.9 Å². The van der Waals surface area contributed by atoms with E-state index in [1.807, 2.05) is 62.5 Å². The van der Waals surface area contributed by atoms with Crippen LogP contribution in [0.3, 0.4) is 0 Å². The van der Waals surface area contributed by atoms with Crippen LogP contribution in [0.25, 0.3) is 0 Å². The first-order chi connectivity index (χ1) is 14.0. The Morgan fingerprint density at radius 3 is 2.72 bits per heavy atom. The third-order valence-corrected chi connectivity index (χ3v) is 4.88. The van der Waals surface area contributed by atoms with Crippen LogP contribution < -0.4 is 19.9 Å². The van der Waals surface area contributed by atoms with E-state index in [-0.39, 0.29) is 24.3 Å². The number of rotatable bonds is 7. The number of quaternary nitrogens is 1. The highest BCUT2D eigenvalue weighted by Gasteiger charge is 2.30. The van der Waals surface area contributed by atoms with E-state index < -0.39 is 0 Å². The van der Waals surface area contributed by atoms with Crippen molar-refractivity contribution in [1.82, 2.24) is 0 Å². The van der Waals surface area contributed by atoms with E-state index in [4.69, 9.17) is 4.74 Å². The van der Waals surface area contributed by atoms with Gasteiger partial charge in [0.05, 0.1) is 18.4 Å². The summed E-state index contributed by atoms with van der Waals surface area (Å²) in [5.41, 5.74) is 2.57. The van der Waals surface area contributed by atoms with Crippen molar-refractivity contribution in [3.63, 3.8) is 0 Å². The fraction of sp³-hybridized carbons (Fsp3) is 0.304. The fourth-order valence-electron chi connectivity index (χ4n) is 3.58. The second-order valence-corrected chi connectivity index (χ2v) is 7.44. The molecule has 1 aliphatic heterocycles. The van der Waals surface area contributed by atoms with Gasteiger partial charge in [0, 0.05) is 18.0 Å². The second kappa shape index (κ2) is 9.39. The van der Waals surface area contributed by atoms with Crippen LogP contribution in [0.1, 0.15) is 18.9 Å². The molecule has 3 rings (SSSR count). The van der Waals surface area contributed by atoms with Crippen molar-refractivity contribution < 1.29 is 19.2 Å². The number of nitrogens with zero attached hydrogens (tertiary/aromatic N) is 1. The Hall–Kier alpha value is -3.12. The summed E-state index contributed by atoms with van der Waals surface area (Å²) in [5.74, 6) is 0.735. The molecule has 2 N–H and O–H groups in total. The van der Waals surface area contributed by atoms with E-state index in [9.17, 15) is 9.59 Å². The van der Waals surface area contributed by atoms with Crippen LogP contribution in [-0.2, 0) is 16.1 Å². The van der Waals surface area contributed by atoms with Gasteiger partial charge in [-0.2, -0.15) is 0 Å². The van der Waals surface area contributed by atoms with Crippen molar-refractivity contribution in [1.29, 1.82) is 0 Å². The number of hydrogen-bond acceptors (Lipinski definition) is 3. The van der Waals surface area contributed by atoms with Gasteiger partial charge in [-0.25, -0.2) is 0 Å². The van der Waals surface area contributed by atoms with E-state index in [1.54, 1.807) is 11.0 Å². The lowest BCUT2D eigenvalue weighted by Gasteiger charge is -2.28. The molecule has 0 radical (unpaired) electrons. The molecule has 29 heavy (non-hydrogen) atoms. The summed E-state index contributed by atoms with van der Waals surface area (Å²) < 4.78 is 5.51. The van der Waals surface area contributed by atoms with Gasteiger partial charge in [-0.05, 0) is 43.3 Å². The summed E-state index contributed by atoms with van der Waals surface area (Å²) in [6, 6.07) is 15.1. The predicted molar refractivity (Wildman–Crippen MR) is 114 cm³/mol. The quantitative estimate of drug-likeness (QED) is 0.707. The molecule has 0 spiro atoms. The van der Waals surface area contributed by atoms with Crippen molar-refractivity contribution in [2.24, 2.45) is 0 Å². The Balaban J connectivity index is 1.67. The van der Waals surface area contributed by atoms with Gasteiger partial charge < -0.3 is 19.9 Å². The van der Waals surface area contributed by atoms with E-state index in [1.165, 1.54) is 0 Å². The molecule has 0 fully saturated rings. The number of hydrogen-bond donors (Lipinski definition) is 2. The molecular weight excluding hydrogens is 366 g/mol. The van der Waals surface area contributed by atoms with Gasteiger partial charge in [-0.3, -0.25) is 9.59 Å². The maximum absolute atomic E-state index is 13.1. The molecule has 2 aromatic rings. The Bertz CT molecular complexity index is 879. The van der Waals surface area contributed by atoms with Gasteiger partial charge in [0.15, 0.2) is 6.54 Å². The van der Waals surface area contributed by atoms with Gasteiger partial charge >= 0.3 is 0 Å². The number of carbonyl (C=O) groups is 2. The van der Waals surface area contributed by atoms with Crippen LogP contribution in [-0.4, -0.2) is 38.1 Å². The smallest absolute Gasteiger partial charge is 0.282 e. The standard InChI is InChI=1S/C23H27N3O3/c1-4-13-29-19-11-9-18(10-12-19)15-25(3)16-23(28)26-17(2)14-22(27)24-20-7-5-6-8-21(20)26/h4-12,17H,1,13-16H2,2-3H3,(H,24,27)/p+1/t17-/m0/s1. The van der Waals surface area contributed by atoms with Crippen LogP contribution in [0.5, 0.6) is 5.75 Å². The summed E-state index contributed by atoms with van der Waals surface area (Å²) in [6.45, 7) is 7.08. The lowest BCUT2D eigenvalue weighted by molar-refractivity contribution is -0.885. The topological polar surface area (TPSA) is 63.1 Å². The van der Waals surface area contributed by atoms with Crippen molar-refractivity contribution >= 4 is 23.2 Å². The summed E-state index contributed by atoms with van der Waals surface area (Å²) >= 11 is 0. The molecule has 0 saturated carbocycles. The van der Waals surface area contributed by atoms with Gasteiger partial charge in [0.25, 0.3) is 5.91 Å². The highest BCUT2D eigenvalue weighted by molar-refractivity contribution is 6.04. The minimum absolute atomic E-state index is 0.00452. The van der Waals surface area contributed by atoms with Gasteiger partial charge in [0.2, 0.25) is 5.91 Å². The average Bonchev–Trinajstić information content (AvgIpc) is 2.81. The summed E-state index contributed by atoms with van der Waals surface area (Å²) in [4.78, 5) is 28.1. The van der Waals surface area contributed by atoms with Crippen LogP contribution in [0.2, 0.25) is 0 Å². The molecule has 2 atom stereocenters. The summed E-state index contributed by atoms with van der Waals surface area (Å²) in [7, 11) is 2.00.